The van der Waals surface area contributed by atoms with Crippen molar-refractivity contribution in [3.05, 3.63) is 0 Å². The normalized spacial score (nSPS) is 40.4. The van der Waals surface area contributed by atoms with Gasteiger partial charge in [0.25, 0.3) is 0 Å². The Bertz CT molecular complexity index is 247. The van der Waals surface area contributed by atoms with E-state index >= 15 is 0 Å². The molecule has 0 aliphatic heterocycles. The van der Waals surface area contributed by atoms with Gasteiger partial charge in [-0.25, -0.2) is 0 Å². The minimum Gasteiger partial charge on any atom is -0.0654 e. The molecule has 0 saturated heterocycles. The summed E-state index contributed by atoms with van der Waals surface area (Å²) in [6.07, 6.45) is 18.2. The minimum atomic E-state index is 1.01. The van der Waals surface area contributed by atoms with Crippen molar-refractivity contribution in [2.45, 2.75) is 84.0 Å². The lowest BCUT2D eigenvalue weighted by Crippen LogP contribution is -1.92. The van der Waals surface area contributed by atoms with Gasteiger partial charge in [-0.05, 0) is 42.4 Å². The van der Waals surface area contributed by atoms with Crippen molar-refractivity contribution in [3.63, 3.8) is 0 Å². The van der Waals surface area contributed by atoms with Gasteiger partial charge < -0.3 is 0 Å². The van der Waals surface area contributed by atoms with Crippen molar-refractivity contribution < 1.29 is 0 Å². The van der Waals surface area contributed by atoms with Crippen LogP contribution >= 0.6 is 0 Å². The van der Waals surface area contributed by atoms with Crippen LogP contribution in [-0.2, 0) is 0 Å². The summed E-state index contributed by atoms with van der Waals surface area (Å²) in [6.45, 7) is 2.30. The zero-order chi connectivity index (χ0) is 11.7. The average molecular weight is 234 g/mol. The van der Waals surface area contributed by atoms with E-state index in [0.29, 0.717) is 0 Å². The molecule has 17 heavy (non-hydrogen) atoms. The molecule has 0 aromatic heterocycles. The third-order valence-electron chi connectivity index (χ3n) is 5.92. The number of hydrogen-bond acceptors (Lipinski definition) is 0. The molecule has 0 aromatic carbocycles. The van der Waals surface area contributed by atoms with Gasteiger partial charge in [-0.1, -0.05) is 64.7 Å². The van der Waals surface area contributed by atoms with Crippen molar-refractivity contribution in [1.29, 1.82) is 0 Å². The fourth-order valence-electron chi connectivity index (χ4n) is 4.45. The third kappa shape index (κ3) is 2.42. The Morgan fingerprint density at radius 2 is 1.41 bits per heavy atom. The van der Waals surface area contributed by atoms with E-state index in [0.717, 1.165) is 5.41 Å². The van der Waals surface area contributed by atoms with Crippen LogP contribution in [0.15, 0.2) is 0 Å². The molecule has 3 aliphatic carbocycles. The Balaban J connectivity index is 1.09. The number of fused-ring (bicyclic) bond motifs is 3. The highest BCUT2D eigenvalue weighted by atomic mass is 14.9. The van der Waals surface area contributed by atoms with Gasteiger partial charge >= 0.3 is 0 Å². The molecule has 0 bridgehead atoms. The van der Waals surface area contributed by atoms with Gasteiger partial charge in [0, 0.05) is 0 Å². The van der Waals surface area contributed by atoms with Crippen molar-refractivity contribution in [2.75, 3.05) is 0 Å². The summed E-state index contributed by atoms with van der Waals surface area (Å²) < 4.78 is 0. The lowest BCUT2D eigenvalue weighted by molar-refractivity contribution is 0.486. The van der Waals surface area contributed by atoms with E-state index < -0.39 is 0 Å². The number of hydrogen-bond donors (Lipinski definition) is 0. The van der Waals surface area contributed by atoms with Gasteiger partial charge in [-0.2, -0.15) is 0 Å². The molecule has 0 radical (unpaired) electrons. The van der Waals surface area contributed by atoms with Crippen LogP contribution in [0, 0.1) is 23.2 Å². The van der Waals surface area contributed by atoms with Crippen molar-refractivity contribution >= 4 is 0 Å². The second-order valence-corrected chi connectivity index (χ2v) is 7.08. The van der Waals surface area contributed by atoms with Gasteiger partial charge in [0.15, 0.2) is 0 Å². The van der Waals surface area contributed by atoms with Gasteiger partial charge in [0.2, 0.25) is 0 Å². The Kier molecular flexibility index (Phi) is 3.50. The van der Waals surface area contributed by atoms with Crippen LogP contribution < -0.4 is 0 Å². The van der Waals surface area contributed by atoms with E-state index in [1.54, 1.807) is 25.7 Å². The number of rotatable bonds is 10. The first-order valence-electron chi connectivity index (χ1n) is 8.39. The molecule has 3 fully saturated rings. The zero-order valence-electron chi connectivity index (χ0n) is 11.7. The summed E-state index contributed by atoms with van der Waals surface area (Å²) in [4.78, 5) is 0. The molecule has 0 N–H and O–H groups in total. The summed E-state index contributed by atoms with van der Waals surface area (Å²) in [5, 5.41) is 0. The maximum absolute atomic E-state index is 2.30. The molecule has 0 nitrogen and oxygen atoms in total. The van der Waals surface area contributed by atoms with E-state index in [2.05, 4.69) is 6.92 Å². The highest BCUT2D eigenvalue weighted by Gasteiger charge is 2.85. The van der Waals surface area contributed by atoms with E-state index in [9.17, 15) is 0 Å². The summed E-state index contributed by atoms with van der Waals surface area (Å²) >= 11 is 0. The fraction of sp³-hybridized carbons (Fsp3) is 1.00. The van der Waals surface area contributed by atoms with Crippen molar-refractivity contribution in [2.24, 2.45) is 23.2 Å². The highest BCUT2D eigenvalue weighted by Crippen LogP contribution is 2.92. The minimum absolute atomic E-state index is 1.01. The Labute approximate surface area is 108 Å². The first-order chi connectivity index (χ1) is 8.39. The molecule has 0 heteroatoms. The topological polar surface area (TPSA) is 0 Å². The molecule has 3 aliphatic rings. The quantitative estimate of drug-likeness (QED) is 0.434. The van der Waals surface area contributed by atoms with E-state index in [4.69, 9.17) is 0 Å². The van der Waals surface area contributed by atoms with Crippen LogP contribution in [0.4, 0.5) is 0 Å². The van der Waals surface area contributed by atoms with Crippen molar-refractivity contribution in [1.82, 2.24) is 0 Å². The summed E-state index contributed by atoms with van der Waals surface area (Å²) in [5.41, 5.74) is 1.01. The summed E-state index contributed by atoms with van der Waals surface area (Å²) in [6, 6.07) is 0. The highest BCUT2D eigenvalue weighted by molar-refractivity contribution is 5.33. The monoisotopic (exact) mass is 234 g/mol. The Morgan fingerprint density at radius 1 is 0.824 bits per heavy atom. The fourth-order valence-corrected chi connectivity index (χ4v) is 4.45. The molecule has 0 amide bonds. The molecule has 0 heterocycles. The standard InChI is InChI=1S/C17H30/c1-2-3-4-5-6-7-8-9-10-11-14-13-17(14)15-12-16(15)17/h14-16H,2-13H2,1H3. The molecule has 3 saturated carbocycles. The van der Waals surface area contributed by atoms with E-state index in [-0.39, 0.29) is 0 Å². The smallest absolute Gasteiger partial charge is 0.0204 e. The first kappa shape index (κ1) is 12.1. The second-order valence-electron chi connectivity index (χ2n) is 7.08. The Hall–Kier alpha value is 0. The second kappa shape index (κ2) is 4.94. The largest absolute Gasteiger partial charge is 0.0654 e. The lowest BCUT2D eigenvalue weighted by Gasteiger charge is -2.03. The van der Waals surface area contributed by atoms with Crippen LogP contribution in [0.25, 0.3) is 0 Å². The predicted molar refractivity (Wildman–Crippen MR) is 74.0 cm³/mol. The van der Waals surface area contributed by atoms with Crippen LogP contribution in [0.3, 0.4) is 0 Å². The molecule has 98 valence electrons. The predicted octanol–water partition coefficient (Wildman–Crippen LogP) is 5.56. The van der Waals surface area contributed by atoms with Gasteiger partial charge in [0.1, 0.15) is 0 Å². The maximum atomic E-state index is 2.30. The zero-order valence-corrected chi connectivity index (χ0v) is 11.7. The van der Waals surface area contributed by atoms with Gasteiger partial charge in [-0.3, -0.25) is 0 Å². The first-order valence-corrected chi connectivity index (χ1v) is 8.39. The molecule has 3 rings (SSSR count). The lowest BCUT2D eigenvalue weighted by atomic mass is 10.0. The Morgan fingerprint density at radius 3 is 1.88 bits per heavy atom. The van der Waals surface area contributed by atoms with Crippen LogP contribution in [-0.4, -0.2) is 0 Å². The molecule has 0 aromatic rings. The van der Waals surface area contributed by atoms with Gasteiger partial charge in [0.05, 0.1) is 0 Å². The van der Waals surface area contributed by atoms with Crippen LogP contribution in [0.5, 0.6) is 0 Å². The number of unbranched alkanes of at least 4 members (excludes halogenated alkanes) is 8. The van der Waals surface area contributed by atoms with Crippen LogP contribution in [0.2, 0.25) is 0 Å². The van der Waals surface area contributed by atoms with Gasteiger partial charge in [-0.15, -0.1) is 0 Å². The summed E-state index contributed by atoms with van der Waals surface area (Å²) in [7, 11) is 0. The van der Waals surface area contributed by atoms with Crippen LogP contribution in [0.1, 0.15) is 84.0 Å². The maximum Gasteiger partial charge on any atom is -0.0204 e. The molecule has 1 spiro atoms. The third-order valence-corrected chi connectivity index (χ3v) is 5.92. The average Bonchev–Trinajstić information content (AvgIpc) is 3.18. The molecular weight excluding hydrogens is 204 g/mol. The molecule has 3 unspecified atom stereocenters. The SMILES string of the molecule is CCCCCCCCCCCC1CC12C1CC12. The molecular formula is C17H30. The van der Waals surface area contributed by atoms with E-state index in [1.165, 1.54) is 69.1 Å². The van der Waals surface area contributed by atoms with Crippen molar-refractivity contribution in [3.8, 4) is 0 Å². The summed E-state index contributed by atoms with van der Waals surface area (Å²) in [5.74, 6) is 3.72. The molecule has 3 atom stereocenters. The van der Waals surface area contributed by atoms with E-state index in [1.807, 2.05) is 0 Å².